The topological polar surface area (TPSA) is 59.8 Å². The van der Waals surface area contributed by atoms with Gasteiger partial charge >= 0.3 is 6.18 Å². The van der Waals surface area contributed by atoms with Gasteiger partial charge in [-0.1, -0.05) is 53.2 Å². The molecule has 0 saturated carbocycles. The van der Waals surface area contributed by atoms with E-state index in [1.54, 1.807) is 6.08 Å². The molecular formula is C21H18ClF3N4OS. The number of carbonyl (C=O) groups excluding carboxylic acids is 1. The fourth-order valence-electron chi connectivity index (χ4n) is 2.80. The zero-order valence-corrected chi connectivity index (χ0v) is 18.0. The summed E-state index contributed by atoms with van der Waals surface area (Å²) in [4.78, 5) is 12.3. The van der Waals surface area contributed by atoms with Gasteiger partial charge in [0.15, 0.2) is 11.0 Å². The minimum Gasteiger partial charge on any atom is -0.324 e. The lowest BCUT2D eigenvalue weighted by Gasteiger charge is -2.12. The Bertz CT molecular complexity index is 1110. The van der Waals surface area contributed by atoms with E-state index in [0.29, 0.717) is 17.5 Å². The molecule has 1 heterocycles. The number of hydrogen-bond donors (Lipinski definition) is 1. The summed E-state index contributed by atoms with van der Waals surface area (Å²) >= 11 is 7.05. The lowest BCUT2D eigenvalue weighted by Crippen LogP contribution is -2.16. The van der Waals surface area contributed by atoms with Crippen LogP contribution < -0.4 is 5.32 Å². The van der Waals surface area contributed by atoms with Gasteiger partial charge in [-0.25, -0.2) is 0 Å². The van der Waals surface area contributed by atoms with Crippen LogP contribution >= 0.6 is 23.4 Å². The van der Waals surface area contributed by atoms with Gasteiger partial charge in [0.2, 0.25) is 5.91 Å². The van der Waals surface area contributed by atoms with Gasteiger partial charge in [-0.05, 0) is 31.2 Å². The van der Waals surface area contributed by atoms with Crippen molar-refractivity contribution in [3.8, 4) is 11.4 Å². The Morgan fingerprint density at radius 3 is 2.71 bits per heavy atom. The van der Waals surface area contributed by atoms with E-state index in [9.17, 15) is 18.0 Å². The van der Waals surface area contributed by atoms with E-state index in [1.807, 2.05) is 35.8 Å². The van der Waals surface area contributed by atoms with Crippen molar-refractivity contribution < 1.29 is 18.0 Å². The van der Waals surface area contributed by atoms with Crippen LogP contribution in [-0.2, 0) is 17.5 Å². The number of amides is 1. The first kappa shape index (κ1) is 22.9. The van der Waals surface area contributed by atoms with Gasteiger partial charge in [0.05, 0.1) is 22.0 Å². The van der Waals surface area contributed by atoms with E-state index in [2.05, 4.69) is 22.1 Å². The summed E-state index contributed by atoms with van der Waals surface area (Å²) in [5.74, 6) is 0.0271. The summed E-state index contributed by atoms with van der Waals surface area (Å²) in [6, 6.07) is 10.5. The Balaban J connectivity index is 1.74. The maximum atomic E-state index is 12.9. The van der Waals surface area contributed by atoms with Crippen molar-refractivity contribution in [2.45, 2.75) is 24.8 Å². The predicted octanol–water partition coefficient (Wildman–Crippen LogP) is 5.84. The van der Waals surface area contributed by atoms with E-state index in [4.69, 9.17) is 11.6 Å². The Morgan fingerprint density at radius 2 is 2.03 bits per heavy atom. The van der Waals surface area contributed by atoms with Crippen LogP contribution in [0, 0.1) is 6.92 Å². The number of rotatable bonds is 7. The maximum Gasteiger partial charge on any atom is 0.416 e. The highest BCUT2D eigenvalue weighted by atomic mass is 35.5. The Hall–Kier alpha value is -2.78. The number of alkyl halides is 3. The summed E-state index contributed by atoms with van der Waals surface area (Å²) < 4.78 is 40.5. The van der Waals surface area contributed by atoms with Gasteiger partial charge in [0.1, 0.15) is 0 Å². The lowest BCUT2D eigenvalue weighted by molar-refractivity contribution is -0.137. The molecule has 1 N–H and O–H groups in total. The second kappa shape index (κ2) is 9.57. The highest BCUT2D eigenvalue weighted by molar-refractivity contribution is 7.99. The minimum atomic E-state index is -4.54. The second-order valence-corrected chi connectivity index (χ2v) is 7.95. The smallest absolute Gasteiger partial charge is 0.324 e. The number of aromatic nitrogens is 3. The molecular weight excluding hydrogens is 449 g/mol. The SMILES string of the molecule is C=CCn1c(SCC(=O)Nc2cc(C(F)(F)F)ccc2Cl)nnc1-c1cccc(C)c1. The molecule has 1 aromatic heterocycles. The average Bonchev–Trinajstić information content (AvgIpc) is 3.10. The Labute approximate surface area is 186 Å². The van der Waals surface area contributed by atoms with Crippen molar-refractivity contribution in [2.75, 3.05) is 11.1 Å². The third kappa shape index (κ3) is 5.68. The molecule has 0 atom stereocenters. The van der Waals surface area contributed by atoms with Crippen LogP contribution in [0.1, 0.15) is 11.1 Å². The molecule has 3 aromatic rings. The van der Waals surface area contributed by atoms with E-state index < -0.39 is 17.6 Å². The van der Waals surface area contributed by atoms with Crippen LogP contribution in [0.25, 0.3) is 11.4 Å². The molecule has 31 heavy (non-hydrogen) atoms. The maximum absolute atomic E-state index is 12.9. The van der Waals surface area contributed by atoms with Crippen molar-refractivity contribution in [3.63, 3.8) is 0 Å². The summed E-state index contributed by atoms with van der Waals surface area (Å²) in [7, 11) is 0. The summed E-state index contributed by atoms with van der Waals surface area (Å²) in [6.45, 7) is 6.15. The molecule has 0 aliphatic rings. The summed E-state index contributed by atoms with van der Waals surface area (Å²) in [5.41, 5.74) is 0.946. The molecule has 0 spiro atoms. The van der Waals surface area contributed by atoms with Crippen LogP contribution in [-0.4, -0.2) is 26.4 Å². The number of anilines is 1. The van der Waals surface area contributed by atoms with Gasteiger partial charge in [0.25, 0.3) is 0 Å². The molecule has 2 aromatic carbocycles. The molecule has 162 valence electrons. The van der Waals surface area contributed by atoms with Crippen molar-refractivity contribution in [1.29, 1.82) is 0 Å². The number of thioether (sulfide) groups is 1. The van der Waals surface area contributed by atoms with Crippen LogP contribution in [0.15, 0.2) is 60.3 Å². The standard InChI is InChI=1S/C21H18ClF3N4OS/c1-3-9-29-19(14-6-4-5-13(2)10-14)27-28-20(29)31-12-18(30)26-17-11-15(21(23,24)25)7-8-16(17)22/h3-8,10-11H,1,9,12H2,2H3,(H,26,30). The minimum absolute atomic E-state index is 0.0166. The normalized spacial score (nSPS) is 11.4. The number of aryl methyl sites for hydroxylation is 1. The molecule has 3 rings (SSSR count). The molecule has 10 heteroatoms. The van der Waals surface area contributed by atoms with Gasteiger partial charge in [-0.2, -0.15) is 13.2 Å². The Kier molecular flexibility index (Phi) is 7.07. The number of allylic oxidation sites excluding steroid dienone is 1. The first-order valence-electron chi connectivity index (χ1n) is 9.09. The number of hydrogen-bond acceptors (Lipinski definition) is 4. The predicted molar refractivity (Wildman–Crippen MR) is 116 cm³/mol. The number of halogens is 4. The first-order valence-corrected chi connectivity index (χ1v) is 10.5. The Morgan fingerprint density at radius 1 is 1.26 bits per heavy atom. The third-order valence-electron chi connectivity index (χ3n) is 4.20. The van der Waals surface area contributed by atoms with Gasteiger partial charge in [-0.3, -0.25) is 9.36 Å². The van der Waals surface area contributed by atoms with Crippen LogP contribution in [0.2, 0.25) is 5.02 Å². The quantitative estimate of drug-likeness (QED) is 0.351. The molecule has 5 nitrogen and oxygen atoms in total. The molecule has 0 radical (unpaired) electrons. The van der Waals surface area contributed by atoms with E-state index >= 15 is 0 Å². The van der Waals surface area contributed by atoms with Gasteiger partial charge < -0.3 is 5.32 Å². The van der Waals surface area contributed by atoms with Crippen molar-refractivity contribution >= 4 is 35.0 Å². The molecule has 0 aliphatic heterocycles. The van der Waals surface area contributed by atoms with E-state index in [-0.39, 0.29) is 16.5 Å². The molecule has 0 aliphatic carbocycles. The number of nitrogens with one attached hydrogen (secondary N) is 1. The van der Waals surface area contributed by atoms with Crippen molar-refractivity contribution in [1.82, 2.24) is 14.8 Å². The van der Waals surface area contributed by atoms with Crippen molar-refractivity contribution in [2.24, 2.45) is 0 Å². The largest absolute Gasteiger partial charge is 0.416 e. The van der Waals surface area contributed by atoms with Crippen LogP contribution in [0.3, 0.4) is 0 Å². The van der Waals surface area contributed by atoms with Gasteiger partial charge in [-0.15, -0.1) is 16.8 Å². The zero-order valence-electron chi connectivity index (χ0n) is 16.4. The molecule has 0 fully saturated rings. The molecule has 1 amide bonds. The molecule has 0 saturated heterocycles. The van der Waals surface area contributed by atoms with Crippen molar-refractivity contribution in [3.05, 3.63) is 71.3 Å². The van der Waals surface area contributed by atoms with Crippen LogP contribution in [0.4, 0.5) is 18.9 Å². The number of carbonyl (C=O) groups is 1. The highest BCUT2D eigenvalue weighted by Crippen LogP contribution is 2.34. The van der Waals surface area contributed by atoms with E-state index in [0.717, 1.165) is 41.1 Å². The summed E-state index contributed by atoms with van der Waals surface area (Å²) in [5, 5.41) is 11.3. The molecule has 0 bridgehead atoms. The monoisotopic (exact) mass is 466 g/mol. The fourth-order valence-corrected chi connectivity index (χ4v) is 3.71. The second-order valence-electron chi connectivity index (χ2n) is 6.60. The average molecular weight is 467 g/mol. The molecule has 0 unspecified atom stereocenters. The fraction of sp³-hybridized carbons (Fsp3) is 0.190. The zero-order chi connectivity index (χ0) is 22.6. The van der Waals surface area contributed by atoms with E-state index in [1.165, 1.54) is 0 Å². The highest BCUT2D eigenvalue weighted by Gasteiger charge is 2.31. The van der Waals surface area contributed by atoms with Crippen LogP contribution in [0.5, 0.6) is 0 Å². The number of benzene rings is 2. The summed E-state index contributed by atoms with van der Waals surface area (Å²) in [6.07, 6.45) is -2.85. The number of nitrogens with zero attached hydrogens (tertiary/aromatic N) is 3. The third-order valence-corrected chi connectivity index (χ3v) is 5.50. The van der Waals surface area contributed by atoms with Gasteiger partial charge in [0, 0.05) is 12.1 Å². The first-order chi connectivity index (χ1) is 14.7. The lowest BCUT2D eigenvalue weighted by atomic mass is 10.1.